The van der Waals surface area contributed by atoms with Crippen molar-refractivity contribution >= 4 is 11.9 Å². The van der Waals surface area contributed by atoms with Crippen LogP contribution in [0.5, 0.6) is 0 Å². The fourth-order valence-corrected chi connectivity index (χ4v) is 3.79. The first-order valence-corrected chi connectivity index (χ1v) is 7.52. The largest absolute Gasteiger partial charge is 0.480 e. The Bertz CT molecular complexity index is 554. The standard InChI is InChI=1S/C15H20N2O4/c1-9-6-11(16-21-9)8-14(18)17-12-5-3-2-4-10(12)7-13(17)15(19)20/h6,10,12-13H,2-5,7-8H2,1H3,(H,19,20)/t10-,12+,13-/m0/s1. The molecule has 3 rings (SSSR count). The Hall–Kier alpha value is -1.85. The summed E-state index contributed by atoms with van der Waals surface area (Å²) in [5, 5.41) is 13.3. The number of hydrogen-bond donors (Lipinski definition) is 1. The smallest absolute Gasteiger partial charge is 0.326 e. The summed E-state index contributed by atoms with van der Waals surface area (Å²) in [6.07, 6.45) is 4.85. The molecule has 1 saturated heterocycles. The van der Waals surface area contributed by atoms with Gasteiger partial charge in [0, 0.05) is 12.1 Å². The summed E-state index contributed by atoms with van der Waals surface area (Å²) < 4.78 is 4.97. The maximum Gasteiger partial charge on any atom is 0.326 e. The molecule has 2 heterocycles. The Morgan fingerprint density at radius 3 is 2.86 bits per heavy atom. The maximum atomic E-state index is 12.6. The summed E-state index contributed by atoms with van der Waals surface area (Å²) >= 11 is 0. The fourth-order valence-electron chi connectivity index (χ4n) is 3.79. The minimum Gasteiger partial charge on any atom is -0.480 e. The zero-order valence-electron chi connectivity index (χ0n) is 12.1. The molecule has 114 valence electrons. The second-order valence-corrected chi connectivity index (χ2v) is 6.11. The van der Waals surface area contributed by atoms with Crippen molar-refractivity contribution < 1.29 is 19.2 Å². The van der Waals surface area contributed by atoms with E-state index in [0.29, 0.717) is 23.8 Å². The van der Waals surface area contributed by atoms with E-state index < -0.39 is 12.0 Å². The normalized spacial score (nSPS) is 28.4. The third kappa shape index (κ3) is 2.66. The van der Waals surface area contributed by atoms with E-state index in [0.717, 1.165) is 25.7 Å². The van der Waals surface area contributed by atoms with Crippen LogP contribution < -0.4 is 0 Å². The van der Waals surface area contributed by atoms with Crippen molar-refractivity contribution in [1.82, 2.24) is 10.1 Å². The highest BCUT2D eigenvalue weighted by Gasteiger charge is 2.47. The van der Waals surface area contributed by atoms with Gasteiger partial charge in [-0.2, -0.15) is 0 Å². The molecule has 2 aliphatic rings. The van der Waals surface area contributed by atoms with E-state index >= 15 is 0 Å². The first kappa shape index (κ1) is 14.1. The highest BCUT2D eigenvalue weighted by molar-refractivity contribution is 5.85. The molecule has 21 heavy (non-hydrogen) atoms. The second-order valence-electron chi connectivity index (χ2n) is 6.11. The van der Waals surface area contributed by atoms with Crippen LogP contribution in [-0.4, -0.2) is 39.1 Å². The van der Waals surface area contributed by atoms with E-state index in [1.54, 1.807) is 17.9 Å². The molecule has 0 unspecified atom stereocenters. The van der Waals surface area contributed by atoms with Gasteiger partial charge in [-0.3, -0.25) is 4.79 Å². The van der Waals surface area contributed by atoms with Crippen LogP contribution in [0.3, 0.4) is 0 Å². The van der Waals surface area contributed by atoms with Gasteiger partial charge in [-0.25, -0.2) is 4.79 Å². The lowest BCUT2D eigenvalue weighted by molar-refractivity contribution is -0.149. The topological polar surface area (TPSA) is 83.6 Å². The summed E-state index contributed by atoms with van der Waals surface area (Å²) in [6, 6.07) is 1.13. The molecule has 0 radical (unpaired) electrons. The van der Waals surface area contributed by atoms with Crippen LogP contribution in [0.15, 0.2) is 10.6 Å². The number of likely N-dealkylation sites (tertiary alicyclic amines) is 1. The van der Waals surface area contributed by atoms with Crippen molar-refractivity contribution in [2.24, 2.45) is 5.92 Å². The van der Waals surface area contributed by atoms with Crippen LogP contribution in [0.1, 0.15) is 43.6 Å². The molecule has 1 aromatic heterocycles. The lowest BCUT2D eigenvalue weighted by Gasteiger charge is -2.32. The molecular weight excluding hydrogens is 272 g/mol. The molecule has 0 spiro atoms. The fraction of sp³-hybridized carbons (Fsp3) is 0.667. The number of aliphatic carboxylic acids is 1. The van der Waals surface area contributed by atoms with Crippen LogP contribution in [-0.2, 0) is 16.0 Å². The Kier molecular flexibility index (Phi) is 3.69. The highest BCUT2D eigenvalue weighted by Crippen LogP contribution is 2.40. The number of nitrogens with zero attached hydrogens (tertiary/aromatic N) is 2. The Labute approximate surface area is 123 Å². The van der Waals surface area contributed by atoms with Gasteiger partial charge in [0.05, 0.1) is 12.1 Å². The number of hydrogen-bond acceptors (Lipinski definition) is 4. The van der Waals surface area contributed by atoms with Gasteiger partial charge in [-0.05, 0) is 32.1 Å². The average molecular weight is 292 g/mol. The molecule has 1 aliphatic heterocycles. The minimum atomic E-state index is -0.894. The predicted octanol–water partition coefficient (Wildman–Crippen LogP) is 1.77. The van der Waals surface area contributed by atoms with E-state index in [1.165, 1.54) is 0 Å². The van der Waals surface area contributed by atoms with Gasteiger partial charge in [-0.15, -0.1) is 0 Å². The number of fused-ring (bicyclic) bond motifs is 1. The number of carboxylic acid groups (broad SMARTS) is 1. The summed E-state index contributed by atoms with van der Waals surface area (Å²) in [7, 11) is 0. The number of aryl methyl sites for hydroxylation is 1. The van der Waals surface area contributed by atoms with Crippen molar-refractivity contribution in [3.05, 3.63) is 17.5 Å². The molecule has 0 bridgehead atoms. The first-order chi connectivity index (χ1) is 10.1. The number of carbonyl (C=O) groups excluding carboxylic acids is 1. The van der Waals surface area contributed by atoms with E-state index in [2.05, 4.69) is 5.16 Å². The van der Waals surface area contributed by atoms with Crippen molar-refractivity contribution in [2.75, 3.05) is 0 Å². The summed E-state index contributed by atoms with van der Waals surface area (Å²) in [5.41, 5.74) is 0.570. The van der Waals surface area contributed by atoms with Gasteiger partial charge in [0.15, 0.2) is 0 Å². The molecule has 1 saturated carbocycles. The molecule has 3 atom stereocenters. The van der Waals surface area contributed by atoms with E-state index in [-0.39, 0.29) is 18.4 Å². The third-order valence-electron chi connectivity index (χ3n) is 4.67. The van der Waals surface area contributed by atoms with Crippen LogP contribution in [0, 0.1) is 12.8 Å². The van der Waals surface area contributed by atoms with Gasteiger partial charge in [0.2, 0.25) is 5.91 Å². The van der Waals surface area contributed by atoms with Gasteiger partial charge in [0.1, 0.15) is 11.8 Å². The van der Waals surface area contributed by atoms with Gasteiger partial charge in [0.25, 0.3) is 0 Å². The molecule has 1 aromatic rings. The minimum absolute atomic E-state index is 0.0837. The van der Waals surface area contributed by atoms with Crippen LogP contribution in [0.25, 0.3) is 0 Å². The molecule has 6 nitrogen and oxygen atoms in total. The summed E-state index contributed by atoms with van der Waals surface area (Å²) in [5.74, 6) is -0.0495. The highest BCUT2D eigenvalue weighted by atomic mass is 16.5. The van der Waals surface area contributed by atoms with Crippen molar-refractivity contribution in [3.8, 4) is 0 Å². The molecule has 2 fully saturated rings. The van der Waals surface area contributed by atoms with Crippen LogP contribution in [0.4, 0.5) is 0 Å². The first-order valence-electron chi connectivity index (χ1n) is 7.52. The lowest BCUT2D eigenvalue weighted by Crippen LogP contribution is -2.46. The van der Waals surface area contributed by atoms with Gasteiger partial charge >= 0.3 is 5.97 Å². The average Bonchev–Trinajstić information content (AvgIpc) is 3.02. The number of rotatable bonds is 3. The van der Waals surface area contributed by atoms with Gasteiger partial charge in [-0.1, -0.05) is 18.0 Å². The van der Waals surface area contributed by atoms with Crippen molar-refractivity contribution in [3.63, 3.8) is 0 Å². The zero-order chi connectivity index (χ0) is 15.0. The lowest BCUT2D eigenvalue weighted by atomic mass is 9.84. The monoisotopic (exact) mass is 292 g/mol. The molecule has 1 amide bonds. The van der Waals surface area contributed by atoms with Gasteiger partial charge < -0.3 is 14.5 Å². The summed E-state index contributed by atoms with van der Waals surface area (Å²) in [6.45, 7) is 1.77. The van der Waals surface area contributed by atoms with E-state index in [4.69, 9.17) is 4.52 Å². The Morgan fingerprint density at radius 2 is 2.19 bits per heavy atom. The quantitative estimate of drug-likeness (QED) is 0.918. The summed E-state index contributed by atoms with van der Waals surface area (Å²) in [4.78, 5) is 25.7. The predicted molar refractivity (Wildman–Crippen MR) is 73.6 cm³/mol. The Morgan fingerprint density at radius 1 is 1.43 bits per heavy atom. The van der Waals surface area contributed by atoms with E-state index in [9.17, 15) is 14.7 Å². The van der Waals surface area contributed by atoms with Crippen LogP contribution in [0.2, 0.25) is 0 Å². The Balaban J connectivity index is 1.79. The van der Waals surface area contributed by atoms with Crippen molar-refractivity contribution in [1.29, 1.82) is 0 Å². The maximum absolute atomic E-state index is 12.6. The molecule has 1 aliphatic carbocycles. The van der Waals surface area contributed by atoms with E-state index in [1.807, 2.05) is 0 Å². The molecule has 6 heteroatoms. The van der Waals surface area contributed by atoms with Crippen molar-refractivity contribution in [2.45, 2.75) is 57.5 Å². The number of amides is 1. The zero-order valence-corrected chi connectivity index (χ0v) is 12.1. The number of carbonyl (C=O) groups is 2. The third-order valence-corrected chi connectivity index (χ3v) is 4.67. The number of carboxylic acids is 1. The molecular formula is C15H20N2O4. The molecule has 1 N–H and O–H groups in total. The second kappa shape index (κ2) is 5.50. The SMILES string of the molecule is Cc1cc(CC(=O)N2[C@@H]3CCCC[C@H]3C[C@H]2C(=O)O)no1. The number of aromatic nitrogens is 1. The molecule has 0 aromatic carbocycles. The van der Waals surface area contributed by atoms with Crippen LogP contribution >= 0.6 is 0 Å².